The Morgan fingerprint density at radius 1 is 1.11 bits per heavy atom. The number of nitrogens with one attached hydrogen (secondary N) is 1. The van der Waals surface area contributed by atoms with E-state index in [1.807, 2.05) is 63.2 Å². The summed E-state index contributed by atoms with van der Waals surface area (Å²) in [5.74, 6) is 0.677. The third-order valence-electron chi connectivity index (χ3n) is 5.18. The van der Waals surface area contributed by atoms with Crippen LogP contribution in [0.3, 0.4) is 0 Å². The largest absolute Gasteiger partial charge is 0.488 e. The lowest BCUT2D eigenvalue weighted by atomic mass is 9.95. The van der Waals surface area contributed by atoms with Crippen molar-refractivity contribution in [2.24, 2.45) is 0 Å². The van der Waals surface area contributed by atoms with E-state index >= 15 is 0 Å². The average molecular weight is 381 g/mol. The minimum Gasteiger partial charge on any atom is -0.488 e. The van der Waals surface area contributed by atoms with Crippen molar-refractivity contribution in [1.29, 1.82) is 0 Å². The number of hydrogen-bond donors (Lipinski definition) is 1. The number of likely N-dealkylation sites (tertiary alicyclic amines) is 1. The molecule has 0 saturated carbocycles. The first kappa shape index (κ1) is 20.4. The summed E-state index contributed by atoms with van der Waals surface area (Å²) in [6.07, 6.45) is 4.74. The van der Waals surface area contributed by atoms with Crippen LogP contribution < -0.4 is 10.1 Å². The van der Waals surface area contributed by atoms with Crippen LogP contribution in [-0.4, -0.2) is 36.0 Å². The average Bonchev–Trinajstić information content (AvgIpc) is 2.64. The number of benzene rings is 2. The predicted molar refractivity (Wildman–Crippen MR) is 115 cm³/mol. The van der Waals surface area contributed by atoms with Crippen LogP contribution in [0.5, 0.6) is 5.75 Å². The van der Waals surface area contributed by atoms with Gasteiger partial charge in [0.25, 0.3) is 5.91 Å². The van der Waals surface area contributed by atoms with Crippen molar-refractivity contribution < 1.29 is 9.53 Å². The molecular formula is C24H32N2O2. The van der Waals surface area contributed by atoms with Crippen molar-refractivity contribution in [1.82, 2.24) is 4.90 Å². The summed E-state index contributed by atoms with van der Waals surface area (Å²) in [5.41, 5.74) is 2.48. The molecule has 0 spiro atoms. The Labute approximate surface area is 168 Å². The molecule has 28 heavy (non-hydrogen) atoms. The van der Waals surface area contributed by atoms with Gasteiger partial charge < -0.3 is 15.0 Å². The van der Waals surface area contributed by atoms with Gasteiger partial charge in [0.2, 0.25) is 0 Å². The van der Waals surface area contributed by atoms with Crippen molar-refractivity contribution in [2.75, 3.05) is 18.9 Å². The highest BCUT2D eigenvalue weighted by atomic mass is 16.5. The molecular weight excluding hydrogens is 348 g/mol. The maximum atomic E-state index is 12.8. The van der Waals surface area contributed by atoms with Gasteiger partial charge in [-0.15, -0.1) is 0 Å². The van der Waals surface area contributed by atoms with Gasteiger partial charge in [0.1, 0.15) is 11.4 Å². The zero-order valence-corrected chi connectivity index (χ0v) is 17.5. The van der Waals surface area contributed by atoms with Gasteiger partial charge in [0, 0.05) is 17.3 Å². The highest BCUT2D eigenvalue weighted by molar-refractivity contribution is 6.04. The predicted octanol–water partition coefficient (Wildman–Crippen LogP) is 5.14. The van der Waals surface area contributed by atoms with Gasteiger partial charge in [-0.1, -0.05) is 24.6 Å². The zero-order valence-electron chi connectivity index (χ0n) is 17.5. The second-order valence-electron chi connectivity index (χ2n) is 8.68. The topological polar surface area (TPSA) is 41.6 Å². The molecule has 150 valence electrons. The minimum atomic E-state index is -0.255. The van der Waals surface area contributed by atoms with E-state index in [0.717, 1.165) is 24.4 Å². The first-order valence-electron chi connectivity index (χ1n) is 10.2. The van der Waals surface area contributed by atoms with Gasteiger partial charge in [-0.3, -0.25) is 4.79 Å². The summed E-state index contributed by atoms with van der Waals surface area (Å²) in [6, 6.07) is 16.0. The molecule has 0 bridgehead atoms. The lowest BCUT2D eigenvalue weighted by Crippen LogP contribution is -2.37. The van der Waals surface area contributed by atoms with Gasteiger partial charge in [-0.05, 0) is 89.5 Å². The molecule has 0 aliphatic carbocycles. The van der Waals surface area contributed by atoms with Gasteiger partial charge in [-0.2, -0.15) is 0 Å². The van der Waals surface area contributed by atoms with Gasteiger partial charge >= 0.3 is 0 Å². The first-order chi connectivity index (χ1) is 13.3. The fourth-order valence-electron chi connectivity index (χ4n) is 3.70. The van der Waals surface area contributed by atoms with Gasteiger partial charge in [0.05, 0.1) is 0 Å². The summed E-state index contributed by atoms with van der Waals surface area (Å²) in [7, 11) is 2.20. The number of carbonyl (C=O) groups is 1. The SMILES string of the molecule is CN1CCCCC1Cc1ccccc1NC(=O)c1ccc(OC(C)(C)C)cc1. The van der Waals surface area contributed by atoms with Crippen molar-refractivity contribution >= 4 is 11.6 Å². The van der Waals surface area contributed by atoms with Gasteiger partial charge in [0.15, 0.2) is 0 Å². The van der Waals surface area contributed by atoms with Crippen LogP contribution in [0.4, 0.5) is 5.69 Å². The third kappa shape index (κ3) is 5.59. The van der Waals surface area contributed by atoms with Crippen LogP contribution in [0.1, 0.15) is 56.0 Å². The molecule has 2 aromatic rings. The van der Waals surface area contributed by atoms with Crippen molar-refractivity contribution in [3.05, 3.63) is 59.7 Å². The molecule has 1 unspecified atom stereocenters. The smallest absolute Gasteiger partial charge is 0.255 e. The fraction of sp³-hybridized carbons (Fsp3) is 0.458. The maximum absolute atomic E-state index is 12.8. The number of piperidine rings is 1. The molecule has 1 saturated heterocycles. The van der Waals surface area contributed by atoms with E-state index in [2.05, 4.69) is 23.3 Å². The molecule has 1 fully saturated rings. The van der Waals surface area contributed by atoms with E-state index in [1.54, 1.807) is 0 Å². The molecule has 3 rings (SSSR count). The Morgan fingerprint density at radius 2 is 1.82 bits per heavy atom. The van der Waals surface area contributed by atoms with Crippen molar-refractivity contribution in [3.8, 4) is 5.75 Å². The number of nitrogens with zero attached hydrogens (tertiary/aromatic N) is 1. The Morgan fingerprint density at radius 3 is 2.50 bits per heavy atom. The Balaban J connectivity index is 1.68. The molecule has 1 aliphatic heterocycles. The second-order valence-corrected chi connectivity index (χ2v) is 8.68. The highest BCUT2D eigenvalue weighted by Gasteiger charge is 2.20. The molecule has 1 atom stereocenters. The van der Waals surface area contributed by atoms with Crippen LogP contribution in [0, 0.1) is 0 Å². The normalized spacial score (nSPS) is 17.9. The molecule has 2 aromatic carbocycles. The summed E-state index contributed by atoms with van der Waals surface area (Å²) in [5, 5.41) is 3.10. The summed E-state index contributed by atoms with van der Waals surface area (Å²) >= 11 is 0. The van der Waals surface area contributed by atoms with Crippen molar-refractivity contribution in [3.63, 3.8) is 0 Å². The number of ether oxygens (including phenoxy) is 1. The van der Waals surface area contributed by atoms with Crippen LogP contribution in [0.2, 0.25) is 0 Å². The van der Waals surface area contributed by atoms with E-state index in [0.29, 0.717) is 11.6 Å². The molecule has 4 nitrogen and oxygen atoms in total. The van der Waals surface area contributed by atoms with Crippen LogP contribution in [0.25, 0.3) is 0 Å². The minimum absolute atomic E-state index is 0.0910. The highest BCUT2D eigenvalue weighted by Crippen LogP contribution is 2.24. The number of carbonyl (C=O) groups excluding carboxylic acids is 1. The number of para-hydroxylation sites is 1. The molecule has 1 heterocycles. The monoisotopic (exact) mass is 380 g/mol. The number of anilines is 1. The lowest BCUT2D eigenvalue weighted by molar-refractivity contribution is 0.102. The number of hydrogen-bond acceptors (Lipinski definition) is 3. The second kappa shape index (κ2) is 8.78. The van der Waals surface area contributed by atoms with E-state index in [1.165, 1.54) is 24.8 Å². The summed E-state index contributed by atoms with van der Waals surface area (Å²) in [6.45, 7) is 7.18. The van der Waals surface area contributed by atoms with E-state index in [4.69, 9.17) is 4.74 Å². The molecule has 1 aliphatic rings. The summed E-state index contributed by atoms with van der Waals surface area (Å²) in [4.78, 5) is 15.2. The lowest BCUT2D eigenvalue weighted by Gasteiger charge is -2.33. The van der Waals surface area contributed by atoms with E-state index in [9.17, 15) is 4.79 Å². The quantitative estimate of drug-likeness (QED) is 0.780. The third-order valence-corrected chi connectivity index (χ3v) is 5.18. The fourth-order valence-corrected chi connectivity index (χ4v) is 3.70. The van der Waals surface area contributed by atoms with Gasteiger partial charge in [-0.25, -0.2) is 0 Å². The maximum Gasteiger partial charge on any atom is 0.255 e. The Bertz CT molecular complexity index is 793. The number of likely N-dealkylation sites (N-methyl/N-ethyl adjacent to an activating group) is 1. The van der Waals surface area contributed by atoms with Crippen molar-refractivity contribution in [2.45, 2.75) is 58.1 Å². The molecule has 4 heteroatoms. The van der Waals surface area contributed by atoms with Crippen LogP contribution in [0.15, 0.2) is 48.5 Å². The number of amides is 1. The van der Waals surface area contributed by atoms with Crippen LogP contribution in [-0.2, 0) is 6.42 Å². The van der Waals surface area contributed by atoms with E-state index < -0.39 is 0 Å². The number of rotatable bonds is 5. The zero-order chi connectivity index (χ0) is 20.1. The molecule has 0 aromatic heterocycles. The Hall–Kier alpha value is -2.33. The standard InChI is InChI=1S/C24H32N2O2/c1-24(2,3)28-21-14-12-18(13-15-21)23(27)25-22-11-6-5-9-19(22)17-20-10-7-8-16-26(20)4/h5-6,9,11-15,20H,7-8,10,16-17H2,1-4H3,(H,25,27). The molecule has 1 amide bonds. The van der Waals surface area contributed by atoms with Crippen LogP contribution >= 0.6 is 0 Å². The van der Waals surface area contributed by atoms with E-state index in [-0.39, 0.29) is 11.5 Å². The molecule has 0 radical (unpaired) electrons. The first-order valence-corrected chi connectivity index (χ1v) is 10.2. The molecule has 1 N–H and O–H groups in total. The summed E-state index contributed by atoms with van der Waals surface area (Å²) < 4.78 is 5.83. The Kier molecular flexibility index (Phi) is 6.40.